The Labute approximate surface area is 105 Å². The largest absolute Gasteiger partial charge is 0.477 e. The molecule has 0 aliphatic heterocycles. The molecule has 0 saturated carbocycles. The molecule has 0 fully saturated rings. The molecule has 1 aromatic carbocycles. The molecule has 0 atom stereocenters. The van der Waals surface area contributed by atoms with Gasteiger partial charge in [-0.1, -0.05) is 23.4 Å². The number of halogens is 1. The maximum atomic E-state index is 9.05. The molecule has 88 valence electrons. The first-order chi connectivity index (χ1) is 8.22. The molecule has 0 aliphatic rings. The summed E-state index contributed by atoms with van der Waals surface area (Å²) in [6, 6.07) is 3.19. The van der Waals surface area contributed by atoms with E-state index in [1.165, 1.54) is 0 Å². The summed E-state index contributed by atoms with van der Waals surface area (Å²) in [4.78, 5) is 0. The molecule has 3 nitrogen and oxygen atoms in total. The molecule has 0 unspecified atom stereocenters. The highest BCUT2D eigenvalue weighted by molar-refractivity contribution is 6.32. The summed E-state index contributed by atoms with van der Waals surface area (Å²) in [7, 11) is 0. The van der Waals surface area contributed by atoms with Gasteiger partial charge in [-0.05, 0) is 17.7 Å². The first kappa shape index (κ1) is 13.3. The van der Waals surface area contributed by atoms with Crippen LogP contribution in [0.3, 0.4) is 0 Å². The Bertz CT molecular complexity index is 469. The molecule has 1 aromatic rings. The number of hydrogen-bond acceptors (Lipinski definition) is 3. The van der Waals surface area contributed by atoms with Gasteiger partial charge in [-0.15, -0.1) is 12.8 Å². The molecule has 1 rings (SSSR count). The minimum absolute atomic E-state index is 0.0740. The maximum Gasteiger partial charge on any atom is 0.181 e. The minimum atomic E-state index is -0.151. The molecule has 0 heterocycles. The third-order valence-corrected chi connectivity index (χ3v) is 2.14. The van der Waals surface area contributed by atoms with Gasteiger partial charge in [0.2, 0.25) is 0 Å². The summed E-state index contributed by atoms with van der Waals surface area (Å²) in [5.74, 6) is 5.36. The van der Waals surface area contributed by atoms with E-state index < -0.39 is 0 Å². The Morgan fingerprint density at radius 3 is 2.41 bits per heavy atom. The summed E-state index contributed by atoms with van der Waals surface area (Å²) < 4.78 is 10.6. The third kappa shape index (κ3) is 3.60. The summed E-state index contributed by atoms with van der Waals surface area (Å²) in [5.41, 5.74) is 0.607. The second-order valence-electron chi connectivity index (χ2n) is 3.05. The number of hydrogen-bond donors (Lipinski definition) is 1. The van der Waals surface area contributed by atoms with Crippen LogP contribution < -0.4 is 9.47 Å². The lowest BCUT2D eigenvalue weighted by Gasteiger charge is -2.13. The van der Waals surface area contributed by atoms with Crippen molar-refractivity contribution in [2.45, 2.75) is 6.61 Å². The molecular weight excluding hydrogens is 240 g/mol. The van der Waals surface area contributed by atoms with Crippen molar-refractivity contribution in [3.05, 3.63) is 22.7 Å². The standard InChI is InChI=1S/C13H11ClO3/c1-3-5-16-12-8-10(9-15)7-11(14)13(12)17-6-4-2/h1-2,7-8,15H,5-6,9H2. The Kier molecular flexibility index (Phi) is 5.23. The predicted octanol–water partition coefficient (Wildman–Crippen LogP) is 1.86. The molecule has 0 aromatic heterocycles. The summed E-state index contributed by atoms with van der Waals surface area (Å²) in [6.45, 7) is 0.00375. The molecule has 0 saturated heterocycles. The van der Waals surface area contributed by atoms with Gasteiger partial charge in [0, 0.05) is 0 Å². The van der Waals surface area contributed by atoms with Crippen LogP contribution in [0.1, 0.15) is 5.56 Å². The molecule has 4 heteroatoms. The number of aliphatic hydroxyl groups excluding tert-OH is 1. The van der Waals surface area contributed by atoms with Gasteiger partial charge in [0.25, 0.3) is 0 Å². The van der Waals surface area contributed by atoms with E-state index in [1.54, 1.807) is 12.1 Å². The number of aliphatic hydroxyl groups is 1. The van der Waals surface area contributed by atoms with Crippen LogP contribution in [0.25, 0.3) is 0 Å². The molecule has 0 radical (unpaired) electrons. The highest BCUT2D eigenvalue weighted by Gasteiger charge is 2.12. The number of terminal acetylenes is 2. The predicted molar refractivity (Wildman–Crippen MR) is 66.0 cm³/mol. The molecular formula is C13H11ClO3. The monoisotopic (exact) mass is 250 g/mol. The van der Waals surface area contributed by atoms with E-state index >= 15 is 0 Å². The van der Waals surface area contributed by atoms with Crippen LogP contribution in [0, 0.1) is 24.7 Å². The lowest BCUT2D eigenvalue weighted by molar-refractivity contribution is 0.278. The van der Waals surface area contributed by atoms with Crippen LogP contribution in [-0.4, -0.2) is 18.3 Å². The normalized spacial score (nSPS) is 9.18. The van der Waals surface area contributed by atoms with Crippen LogP contribution in [0.2, 0.25) is 5.02 Å². The average Bonchev–Trinajstić information content (AvgIpc) is 2.34. The quantitative estimate of drug-likeness (QED) is 0.811. The van der Waals surface area contributed by atoms with Crippen molar-refractivity contribution in [3.8, 4) is 36.2 Å². The maximum absolute atomic E-state index is 9.05. The fourth-order valence-electron chi connectivity index (χ4n) is 1.19. The second kappa shape index (κ2) is 6.70. The zero-order valence-corrected chi connectivity index (χ0v) is 9.83. The smallest absolute Gasteiger partial charge is 0.181 e. The van der Waals surface area contributed by atoms with Crippen molar-refractivity contribution in [2.75, 3.05) is 13.2 Å². The molecule has 0 aliphatic carbocycles. The van der Waals surface area contributed by atoms with Crippen LogP contribution in [-0.2, 0) is 6.61 Å². The highest BCUT2D eigenvalue weighted by atomic mass is 35.5. The topological polar surface area (TPSA) is 38.7 Å². The highest BCUT2D eigenvalue weighted by Crippen LogP contribution is 2.36. The Hall–Kier alpha value is -1.81. The first-order valence-electron chi connectivity index (χ1n) is 4.78. The fourth-order valence-corrected chi connectivity index (χ4v) is 1.48. The van der Waals surface area contributed by atoms with Crippen molar-refractivity contribution >= 4 is 11.6 Å². The zero-order chi connectivity index (χ0) is 12.7. The van der Waals surface area contributed by atoms with E-state index in [4.69, 9.17) is 39.0 Å². The van der Waals surface area contributed by atoms with Crippen molar-refractivity contribution in [1.82, 2.24) is 0 Å². The van der Waals surface area contributed by atoms with E-state index in [9.17, 15) is 0 Å². The first-order valence-corrected chi connectivity index (χ1v) is 5.16. The van der Waals surface area contributed by atoms with E-state index in [0.29, 0.717) is 22.1 Å². The van der Waals surface area contributed by atoms with Crippen molar-refractivity contribution < 1.29 is 14.6 Å². The number of ether oxygens (including phenoxy) is 2. The molecule has 0 amide bonds. The fraction of sp³-hybridized carbons (Fsp3) is 0.231. The van der Waals surface area contributed by atoms with E-state index in [0.717, 1.165) is 0 Å². The summed E-state index contributed by atoms with van der Waals surface area (Å²) in [6.07, 6.45) is 10.2. The Balaban J connectivity index is 3.06. The molecule has 0 bridgehead atoms. The average molecular weight is 251 g/mol. The van der Waals surface area contributed by atoms with E-state index in [-0.39, 0.29) is 19.8 Å². The molecule has 1 N–H and O–H groups in total. The van der Waals surface area contributed by atoms with Gasteiger partial charge in [0.15, 0.2) is 11.5 Å². The van der Waals surface area contributed by atoms with Gasteiger partial charge in [0.1, 0.15) is 13.2 Å². The van der Waals surface area contributed by atoms with Crippen LogP contribution in [0.5, 0.6) is 11.5 Å². The Morgan fingerprint density at radius 2 is 1.82 bits per heavy atom. The number of rotatable bonds is 5. The van der Waals surface area contributed by atoms with Gasteiger partial charge in [-0.25, -0.2) is 0 Å². The van der Waals surface area contributed by atoms with Gasteiger partial charge in [0.05, 0.1) is 11.6 Å². The number of benzene rings is 1. The lowest BCUT2D eigenvalue weighted by atomic mass is 10.2. The van der Waals surface area contributed by atoms with Crippen LogP contribution >= 0.6 is 11.6 Å². The zero-order valence-electron chi connectivity index (χ0n) is 9.07. The second-order valence-corrected chi connectivity index (χ2v) is 3.46. The van der Waals surface area contributed by atoms with Gasteiger partial charge in [-0.3, -0.25) is 0 Å². The summed E-state index contributed by atoms with van der Waals surface area (Å²) in [5, 5.41) is 9.37. The van der Waals surface area contributed by atoms with Crippen molar-refractivity contribution in [1.29, 1.82) is 0 Å². The molecule has 0 spiro atoms. The van der Waals surface area contributed by atoms with E-state index in [2.05, 4.69) is 11.8 Å². The third-order valence-electron chi connectivity index (χ3n) is 1.86. The SMILES string of the molecule is C#CCOc1cc(CO)cc(Cl)c1OCC#C. The summed E-state index contributed by atoms with van der Waals surface area (Å²) >= 11 is 5.99. The van der Waals surface area contributed by atoms with Gasteiger partial charge < -0.3 is 14.6 Å². The van der Waals surface area contributed by atoms with Crippen LogP contribution in [0.4, 0.5) is 0 Å². The van der Waals surface area contributed by atoms with Crippen LogP contribution in [0.15, 0.2) is 12.1 Å². The van der Waals surface area contributed by atoms with Gasteiger partial charge in [-0.2, -0.15) is 0 Å². The van der Waals surface area contributed by atoms with E-state index in [1.807, 2.05) is 0 Å². The van der Waals surface area contributed by atoms with Crippen molar-refractivity contribution in [2.24, 2.45) is 0 Å². The molecule has 17 heavy (non-hydrogen) atoms. The lowest BCUT2D eigenvalue weighted by Crippen LogP contribution is -2.01. The van der Waals surface area contributed by atoms with Gasteiger partial charge >= 0.3 is 0 Å². The van der Waals surface area contributed by atoms with Crippen molar-refractivity contribution in [3.63, 3.8) is 0 Å². The Morgan fingerprint density at radius 1 is 1.18 bits per heavy atom. The minimum Gasteiger partial charge on any atom is -0.477 e.